The SMILES string of the molecule is CN1C(=O)CC(NCc2cc(Br)ccc2[N+](=O)[O-])C1=O. The summed E-state index contributed by atoms with van der Waals surface area (Å²) in [6.07, 6.45) is 0.0805. The first-order chi connectivity index (χ1) is 9.40. The fourth-order valence-electron chi connectivity index (χ4n) is 2.02. The van der Waals surface area contributed by atoms with Gasteiger partial charge in [-0.2, -0.15) is 0 Å². The fourth-order valence-corrected chi connectivity index (χ4v) is 2.43. The maximum absolute atomic E-state index is 11.7. The van der Waals surface area contributed by atoms with Crippen LogP contribution in [0.25, 0.3) is 0 Å². The molecular formula is C12H12BrN3O4. The molecule has 2 rings (SSSR count). The Balaban J connectivity index is 2.12. The molecule has 2 amide bonds. The first-order valence-corrected chi connectivity index (χ1v) is 6.66. The molecule has 1 aromatic carbocycles. The number of nitro groups is 1. The smallest absolute Gasteiger partial charge is 0.273 e. The number of nitro benzene ring substituents is 1. The summed E-state index contributed by atoms with van der Waals surface area (Å²) in [6.45, 7) is 0.146. The van der Waals surface area contributed by atoms with Crippen molar-refractivity contribution in [2.24, 2.45) is 0 Å². The zero-order chi connectivity index (χ0) is 14.9. The Bertz CT molecular complexity index is 590. The highest BCUT2D eigenvalue weighted by Crippen LogP contribution is 2.23. The van der Waals surface area contributed by atoms with Gasteiger partial charge in [0.1, 0.15) is 0 Å². The first kappa shape index (κ1) is 14.6. The highest BCUT2D eigenvalue weighted by atomic mass is 79.9. The third-order valence-corrected chi connectivity index (χ3v) is 3.65. The normalized spacial score (nSPS) is 18.7. The van der Waals surface area contributed by atoms with Crippen LogP contribution in [0.1, 0.15) is 12.0 Å². The van der Waals surface area contributed by atoms with E-state index in [1.165, 1.54) is 13.1 Å². The molecule has 0 bridgehead atoms. The zero-order valence-electron chi connectivity index (χ0n) is 10.6. The number of rotatable bonds is 4. The van der Waals surface area contributed by atoms with E-state index in [1.54, 1.807) is 12.1 Å². The minimum absolute atomic E-state index is 0.0224. The number of amides is 2. The molecule has 1 saturated heterocycles. The van der Waals surface area contributed by atoms with Crippen LogP contribution < -0.4 is 5.32 Å². The number of hydrogen-bond donors (Lipinski definition) is 1. The summed E-state index contributed by atoms with van der Waals surface area (Å²) in [7, 11) is 1.42. The van der Waals surface area contributed by atoms with Crippen molar-refractivity contribution in [3.63, 3.8) is 0 Å². The maximum Gasteiger partial charge on any atom is 0.273 e. The number of halogens is 1. The van der Waals surface area contributed by atoms with Crippen molar-refractivity contribution < 1.29 is 14.5 Å². The lowest BCUT2D eigenvalue weighted by molar-refractivity contribution is -0.385. The Morgan fingerprint density at radius 3 is 2.75 bits per heavy atom. The summed E-state index contributed by atoms with van der Waals surface area (Å²) in [5, 5.41) is 13.8. The molecule has 0 aromatic heterocycles. The number of likely N-dealkylation sites (N-methyl/N-ethyl adjacent to an activating group) is 1. The molecule has 0 saturated carbocycles. The Hall–Kier alpha value is -1.80. The van der Waals surface area contributed by atoms with Gasteiger partial charge < -0.3 is 5.32 Å². The molecule has 1 heterocycles. The van der Waals surface area contributed by atoms with Crippen LogP contribution in [0.4, 0.5) is 5.69 Å². The van der Waals surface area contributed by atoms with Crippen molar-refractivity contribution in [2.45, 2.75) is 19.0 Å². The lowest BCUT2D eigenvalue weighted by Gasteiger charge is -2.11. The van der Waals surface area contributed by atoms with Crippen molar-refractivity contribution in [3.8, 4) is 0 Å². The second-order valence-corrected chi connectivity index (χ2v) is 5.37. The van der Waals surface area contributed by atoms with Crippen molar-refractivity contribution >= 4 is 33.4 Å². The van der Waals surface area contributed by atoms with E-state index < -0.39 is 11.0 Å². The molecule has 20 heavy (non-hydrogen) atoms. The number of carbonyl (C=O) groups excluding carboxylic acids is 2. The standard InChI is InChI=1S/C12H12BrN3O4/c1-15-11(17)5-9(12(15)18)14-6-7-4-8(13)2-3-10(7)16(19)20/h2-4,9,14H,5-6H2,1H3. The van der Waals surface area contributed by atoms with Crippen molar-refractivity contribution in [2.75, 3.05) is 7.05 Å². The summed E-state index contributed by atoms with van der Waals surface area (Å²) in [5.74, 6) is -0.566. The average Bonchev–Trinajstić information content (AvgIpc) is 2.63. The molecular weight excluding hydrogens is 330 g/mol. The summed E-state index contributed by atoms with van der Waals surface area (Å²) < 4.78 is 0.714. The predicted octanol–water partition coefficient (Wildman–Crippen LogP) is 1.20. The molecule has 0 aliphatic carbocycles. The van der Waals surface area contributed by atoms with E-state index in [9.17, 15) is 19.7 Å². The molecule has 7 nitrogen and oxygen atoms in total. The van der Waals surface area contributed by atoms with E-state index >= 15 is 0 Å². The average molecular weight is 342 g/mol. The van der Waals surface area contributed by atoms with Crippen LogP contribution in [0.5, 0.6) is 0 Å². The highest BCUT2D eigenvalue weighted by Gasteiger charge is 2.35. The molecule has 0 spiro atoms. The number of nitrogens with zero attached hydrogens (tertiary/aromatic N) is 2. The van der Waals surface area contributed by atoms with E-state index in [-0.39, 0.29) is 30.5 Å². The molecule has 1 aromatic rings. The Labute approximate surface area is 123 Å². The highest BCUT2D eigenvalue weighted by molar-refractivity contribution is 9.10. The van der Waals surface area contributed by atoms with E-state index in [4.69, 9.17) is 0 Å². The topological polar surface area (TPSA) is 92.6 Å². The van der Waals surface area contributed by atoms with Crippen LogP contribution in [-0.4, -0.2) is 34.7 Å². The van der Waals surface area contributed by atoms with Gasteiger partial charge in [0, 0.05) is 29.7 Å². The molecule has 106 valence electrons. The number of likely N-dealkylation sites (tertiary alicyclic amines) is 1. The van der Waals surface area contributed by atoms with Gasteiger partial charge in [0.05, 0.1) is 17.4 Å². The molecule has 1 N–H and O–H groups in total. The van der Waals surface area contributed by atoms with Crippen LogP contribution in [0, 0.1) is 10.1 Å². The van der Waals surface area contributed by atoms with Crippen LogP contribution in [0.2, 0.25) is 0 Å². The Kier molecular flexibility index (Phi) is 4.15. The third kappa shape index (κ3) is 2.86. The second-order valence-electron chi connectivity index (χ2n) is 4.46. The molecule has 1 atom stereocenters. The van der Waals surface area contributed by atoms with Gasteiger partial charge >= 0.3 is 0 Å². The van der Waals surface area contributed by atoms with E-state index in [1.807, 2.05) is 0 Å². The largest absolute Gasteiger partial charge is 0.301 e. The van der Waals surface area contributed by atoms with E-state index in [0.717, 1.165) is 4.90 Å². The van der Waals surface area contributed by atoms with Gasteiger partial charge in [-0.3, -0.25) is 24.6 Å². The van der Waals surface area contributed by atoms with Gasteiger partial charge in [0.15, 0.2) is 0 Å². The molecule has 1 aliphatic heterocycles. The lowest BCUT2D eigenvalue weighted by Crippen LogP contribution is -2.36. The molecule has 1 aliphatic rings. The fraction of sp³-hybridized carbons (Fsp3) is 0.333. The molecule has 0 radical (unpaired) electrons. The maximum atomic E-state index is 11.7. The Morgan fingerprint density at radius 1 is 1.50 bits per heavy atom. The van der Waals surface area contributed by atoms with Crippen molar-refractivity contribution in [1.82, 2.24) is 10.2 Å². The van der Waals surface area contributed by atoms with Gasteiger partial charge in [-0.25, -0.2) is 0 Å². The molecule has 1 fully saturated rings. The number of carbonyl (C=O) groups is 2. The number of imide groups is 1. The number of nitrogens with one attached hydrogen (secondary N) is 1. The summed E-state index contributed by atoms with van der Waals surface area (Å²) >= 11 is 3.25. The first-order valence-electron chi connectivity index (χ1n) is 5.86. The van der Waals surface area contributed by atoms with Crippen LogP contribution in [0.15, 0.2) is 22.7 Å². The van der Waals surface area contributed by atoms with Crippen LogP contribution >= 0.6 is 15.9 Å². The summed E-state index contributed by atoms with van der Waals surface area (Å²) in [5.41, 5.74) is 0.435. The van der Waals surface area contributed by atoms with Gasteiger partial charge in [0.25, 0.3) is 5.69 Å². The monoisotopic (exact) mass is 341 g/mol. The van der Waals surface area contributed by atoms with Gasteiger partial charge in [-0.15, -0.1) is 0 Å². The van der Waals surface area contributed by atoms with Gasteiger partial charge in [-0.1, -0.05) is 15.9 Å². The van der Waals surface area contributed by atoms with Crippen molar-refractivity contribution in [3.05, 3.63) is 38.3 Å². The lowest BCUT2D eigenvalue weighted by atomic mass is 10.1. The summed E-state index contributed by atoms with van der Waals surface area (Å²) in [4.78, 5) is 34.6. The minimum atomic E-state index is -0.619. The molecule has 1 unspecified atom stereocenters. The quantitative estimate of drug-likeness (QED) is 0.504. The van der Waals surface area contributed by atoms with Crippen molar-refractivity contribution in [1.29, 1.82) is 0 Å². The summed E-state index contributed by atoms with van der Waals surface area (Å²) in [6, 6.07) is 3.98. The zero-order valence-corrected chi connectivity index (χ0v) is 12.2. The minimum Gasteiger partial charge on any atom is -0.301 e. The Morgan fingerprint density at radius 2 is 2.20 bits per heavy atom. The number of hydrogen-bond acceptors (Lipinski definition) is 5. The molecule has 8 heteroatoms. The number of benzene rings is 1. The van der Waals surface area contributed by atoms with Gasteiger partial charge in [0.2, 0.25) is 11.8 Å². The predicted molar refractivity (Wildman–Crippen MR) is 73.8 cm³/mol. The van der Waals surface area contributed by atoms with E-state index in [2.05, 4.69) is 21.2 Å². The second kappa shape index (κ2) is 5.68. The van der Waals surface area contributed by atoms with Crippen LogP contribution in [-0.2, 0) is 16.1 Å². The van der Waals surface area contributed by atoms with E-state index in [0.29, 0.717) is 10.0 Å². The van der Waals surface area contributed by atoms with Crippen LogP contribution in [0.3, 0.4) is 0 Å². The third-order valence-electron chi connectivity index (χ3n) is 3.16. The van der Waals surface area contributed by atoms with Gasteiger partial charge in [-0.05, 0) is 12.1 Å².